The van der Waals surface area contributed by atoms with Crippen LogP contribution in [0.1, 0.15) is 59.8 Å². The Labute approximate surface area is 141 Å². The van der Waals surface area contributed by atoms with Crippen LogP contribution in [0.3, 0.4) is 0 Å². The van der Waals surface area contributed by atoms with E-state index in [9.17, 15) is 14.4 Å². The number of aliphatic carboxylic acids is 2. The van der Waals surface area contributed by atoms with E-state index in [-0.39, 0.29) is 38.0 Å². The zero-order valence-electron chi connectivity index (χ0n) is 14.7. The predicted octanol–water partition coefficient (Wildman–Crippen LogP) is 2.24. The Hall–Kier alpha value is -1.96. The molecule has 8 heteroatoms. The van der Waals surface area contributed by atoms with E-state index in [2.05, 4.69) is 0 Å². The number of hydrogen-bond acceptors (Lipinski definition) is 6. The lowest BCUT2D eigenvalue weighted by Crippen LogP contribution is -2.37. The van der Waals surface area contributed by atoms with Gasteiger partial charge in [-0.25, -0.2) is 0 Å². The Morgan fingerprint density at radius 2 is 1.42 bits per heavy atom. The van der Waals surface area contributed by atoms with Gasteiger partial charge < -0.3 is 25.1 Å². The van der Waals surface area contributed by atoms with Gasteiger partial charge in [0.1, 0.15) is 5.60 Å². The SMILES string of the molecule is CC(C)(CCOC(C)(C)C(=N)CCC(=O)O)OC(=O)CCC(=O)O. The van der Waals surface area contributed by atoms with Crippen molar-refractivity contribution in [2.24, 2.45) is 0 Å². The quantitative estimate of drug-likeness (QED) is 0.365. The first-order chi connectivity index (χ1) is 10.9. The Balaban J connectivity index is 4.30. The Morgan fingerprint density at radius 1 is 0.917 bits per heavy atom. The van der Waals surface area contributed by atoms with E-state index in [0.717, 1.165) is 0 Å². The van der Waals surface area contributed by atoms with Crippen molar-refractivity contribution in [2.45, 2.75) is 71.0 Å². The van der Waals surface area contributed by atoms with Crippen LogP contribution in [-0.2, 0) is 23.9 Å². The zero-order chi connectivity index (χ0) is 19.0. The molecule has 0 bridgehead atoms. The smallest absolute Gasteiger partial charge is 0.306 e. The topological polar surface area (TPSA) is 134 Å². The van der Waals surface area contributed by atoms with E-state index in [1.807, 2.05) is 0 Å². The molecular formula is C16H27NO7. The number of carboxylic acids is 2. The van der Waals surface area contributed by atoms with Gasteiger partial charge in [-0.05, 0) is 34.1 Å². The van der Waals surface area contributed by atoms with Gasteiger partial charge in [-0.15, -0.1) is 0 Å². The van der Waals surface area contributed by atoms with Crippen LogP contribution in [0.4, 0.5) is 0 Å². The van der Waals surface area contributed by atoms with Crippen molar-refractivity contribution in [3.8, 4) is 0 Å². The minimum atomic E-state index is -1.06. The highest BCUT2D eigenvalue weighted by Gasteiger charge is 2.28. The Bertz CT molecular complexity index is 483. The maximum Gasteiger partial charge on any atom is 0.306 e. The third-order valence-corrected chi connectivity index (χ3v) is 3.42. The molecule has 0 saturated carbocycles. The van der Waals surface area contributed by atoms with Gasteiger partial charge in [-0.3, -0.25) is 14.4 Å². The normalized spacial score (nSPS) is 11.8. The third kappa shape index (κ3) is 9.94. The van der Waals surface area contributed by atoms with Crippen molar-refractivity contribution < 1.29 is 34.1 Å². The molecule has 0 unspecified atom stereocenters. The Kier molecular flexibility index (Phi) is 8.60. The number of carbonyl (C=O) groups excluding carboxylic acids is 1. The number of nitrogens with one attached hydrogen (secondary N) is 1. The van der Waals surface area contributed by atoms with E-state index in [0.29, 0.717) is 6.42 Å². The molecule has 0 fully saturated rings. The fourth-order valence-electron chi connectivity index (χ4n) is 1.79. The molecular weight excluding hydrogens is 318 g/mol. The number of ether oxygens (including phenoxy) is 2. The van der Waals surface area contributed by atoms with Crippen LogP contribution in [0.5, 0.6) is 0 Å². The molecule has 0 aliphatic heterocycles. The highest BCUT2D eigenvalue weighted by atomic mass is 16.6. The molecule has 24 heavy (non-hydrogen) atoms. The first kappa shape index (κ1) is 22.0. The summed E-state index contributed by atoms with van der Waals surface area (Å²) in [5.74, 6) is -2.62. The first-order valence-electron chi connectivity index (χ1n) is 7.73. The van der Waals surface area contributed by atoms with Crippen molar-refractivity contribution >= 4 is 23.6 Å². The summed E-state index contributed by atoms with van der Waals surface area (Å²) in [4.78, 5) is 32.5. The summed E-state index contributed by atoms with van der Waals surface area (Å²) < 4.78 is 10.9. The summed E-state index contributed by atoms with van der Waals surface area (Å²) in [5, 5.41) is 25.1. The van der Waals surface area contributed by atoms with E-state index in [4.69, 9.17) is 25.1 Å². The van der Waals surface area contributed by atoms with Crippen molar-refractivity contribution in [1.29, 1.82) is 5.41 Å². The fraction of sp³-hybridized carbons (Fsp3) is 0.750. The molecule has 0 amide bonds. The summed E-state index contributed by atoms with van der Waals surface area (Å²) in [6.07, 6.45) is -0.125. The summed E-state index contributed by atoms with van der Waals surface area (Å²) in [6, 6.07) is 0. The third-order valence-electron chi connectivity index (χ3n) is 3.42. The first-order valence-corrected chi connectivity index (χ1v) is 7.73. The average molecular weight is 345 g/mol. The van der Waals surface area contributed by atoms with Crippen molar-refractivity contribution in [3.05, 3.63) is 0 Å². The summed E-state index contributed by atoms with van der Waals surface area (Å²) >= 11 is 0. The van der Waals surface area contributed by atoms with Crippen LogP contribution in [0.2, 0.25) is 0 Å². The molecule has 0 aromatic heterocycles. The summed E-state index contributed by atoms with van der Waals surface area (Å²) in [6.45, 7) is 6.96. The summed E-state index contributed by atoms with van der Waals surface area (Å²) in [5.41, 5.74) is -1.55. The minimum absolute atomic E-state index is 0.107. The second-order valence-electron chi connectivity index (χ2n) is 6.61. The number of carbonyl (C=O) groups is 3. The molecule has 0 radical (unpaired) electrons. The highest BCUT2D eigenvalue weighted by molar-refractivity contribution is 5.91. The van der Waals surface area contributed by atoms with Gasteiger partial charge in [0.25, 0.3) is 0 Å². The monoisotopic (exact) mass is 345 g/mol. The maximum atomic E-state index is 11.6. The van der Waals surface area contributed by atoms with E-state index in [1.54, 1.807) is 27.7 Å². The van der Waals surface area contributed by atoms with Gasteiger partial charge in [-0.1, -0.05) is 0 Å². The van der Waals surface area contributed by atoms with Crippen LogP contribution >= 0.6 is 0 Å². The number of carboxylic acid groups (broad SMARTS) is 2. The minimum Gasteiger partial charge on any atom is -0.481 e. The summed E-state index contributed by atoms with van der Waals surface area (Å²) in [7, 11) is 0. The molecule has 0 aliphatic rings. The fourth-order valence-corrected chi connectivity index (χ4v) is 1.79. The molecule has 8 nitrogen and oxygen atoms in total. The molecule has 0 aromatic rings. The molecule has 0 aromatic carbocycles. The molecule has 3 N–H and O–H groups in total. The lowest BCUT2D eigenvalue weighted by atomic mass is 9.98. The second kappa shape index (κ2) is 9.36. The van der Waals surface area contributed by atoms with Gasteiger partial charge >= 0.3 is 17.9 Å². The van der Waals surface area contributed by atoms with Crippen molar-refractivity contribution in [3.63, 3.8) is 0 Å². The van der Waals surface area contributed by atoms with Crippen molar-refractivity contribution in [1.82, 2.24) is 0 Å². The second-order valence-corrected chi connectivity index (χ2v) is 6.61. The van der Waals surface area contributed by atoms with Crippen LogP contribution < -0.4 is 0 Å². The average Bonchev–Trinajstić information content (AvgIpc) is 2.41. The van der Waals surface area contributed by atoms with Crippen LogP contribution in [0.15, 0.2) is 0 Å². The zero-order valence-corrected chi connectivity index (χ0v) is 14.7. The predicted molar refractivity (Wildman–Crippen MR) is 86.3 cm³/mol. The van der Waals surface area contributed by atoms with Crippen LogP contribution in [0, 0.1) is 5.41 Å². The standard InChI is InChI=1S/C16H27NO7/c1-15(2,24-14(22)8-7-13(20)21)9-10-23-16(3,4)11(17)5-6-12(18)19/h17H,5-10H2,1-4H3,(H,18,19)(H,20,21). The van der Waals surface area contributed by atoms with E-state index >= 15 is 0 Å². The molecule has 138 valence electrons. The molecule has 0 heterocycles. The molecule has 0 atom stereocenters. The van der Waals surface area contributed by atoms with Gasteiger partial charge in [0.2, 0.25) is 0 Å². The largest absolute Gasteiger partial charge is 0.481 e. The number of rotatable bonds is 12. The lowest BCUT2D eigenvalue weighted by molar-refractivity contribution is -0.160. The van der Waals surface area contributed by atoms with E-state index in [1.165, 1.54) is 0 Å². The van der Waals surface area contributed by atoms with Crippen LogP contribution in [0.25, 0.3) is 0 Å². The van der Waals surface area contributed by atoms with Gasteiger partial charge in [0, 0.05) is 12.1 Å². The number of hydrogen-bond donors (Lipinski definition) is 3. The van der Waals surface area contributed by atoms with Crippen LogP contribution in [-0.4, -0.2) is 51.6 Å². The van der Waals surface area contributed by atoms with Gasteiger partial charge in [0.15, 0.2) is 0 Å². The van der Waals surface area contributed by atoms with Gasteiger partial charge in [-0.2, -0.15) is 0 Å². The molecule has 0 saturated heterocycles. The van der Waals surface area contributed by atoms with Gasteiger partial charge in [0.05, 0.1) is 31.5 Å². The highest BCUT2D eigenvalue weighted by Crippen LogP contribution is 2.20. The molecule has 0 rings (SSSR count). The maximum absolute atomic E-state index is 11.6. The Morgan fingerprint density at radius 3 is 1.92 bits per heavy atom. The van der Waals surface area contributed by atoms with E-state index < -0.39 is 29.1 Å². The number of esters is 1. The lowest BCUT2D eigenvalue weighted by Gasteiger charge is -2.30. The van der Waals surface area contributed by atoms with Crippen molar-refractivity contribution in [2.75, 3.05) is 6.61 Å². The molecule has 0 spiro atoms. The molecule has 0 aliphatic carbocycles.